The van der Waals surface area contributed by atoms with Gasteiger partial charge in [-0.3, -0.25) is 9.59 Å². The Balaban J connectivity index is 1.90. The molecule has 0 aromatic carbocycles. The Kier molecular flexibility index (Phi) is 3.22. The van der Waals surface area contributed by atoms with Gasteiger partial charge in [0.1, 0.15) is 0 Å². The van der Waals surface area contributed by atoms with Gasteiger partial charge in [0.15, 0.2) is 5.69 Å². The summed E-state index contributed by atoms with van der Waals surface area (Å²) < 4.78 is 0. The highest BCUT2D eigenvalue weighted by Gasteiger charge is 2.21. The first-order chi connectivity index (χ1) is 8.16. The Hall–Kier alpha value is -2.11. The predicted molar refractivity (Wildman–Crippen MR) is 62.1 cm³/mol. The summed E-state index contributed by atoms with van der Waals surface area (Å²) in [5.41, 5.74) is 6.20. The van der Waals surface area contributed by atoms with Crippen LogP contribution in [0.2, 0.25) is 0 Å². The molecule has 2 rings (SSSR count). The fraction of sp³-hybridized carbons (Fsp3) is 0.364. The quantitative estimate of drug-likeness (QED) is 0.667. The molecule has 6 nitrogen and oxygen atoms in total. The van der Waals surface area contributed by atoms with E-state index in [1.165, 1.54) is 6.20 Å². The molecule has 6 heteroatoms. The molecule has 1 aromatic rings. The summed E-state index contributed by atoms with van der Waals surface area (Å²) in [7, 11) is 0. The minimum atomic E-state index is -0.316. The highest BCUT2D eigenvalue weighted by molar-refractivity contribution is 5.97. The van der Waals surface area contributed by atoms with Crippen LogP contribution in [-0.2, 0) is 4.79 Å². The summed E-state index contributed by atoms with van der Waals surface area (Å²) in [6, 6.07) is 3.30. The molecule has 2 heterocycles. The van der Waals surface area contributed by atoms with Crippen LogP contribution in [0.4, 0.5) is 5.69 Å². The number of carbonyl (C=O) groups is 2. The van der Waals surface area contributed by atoms with Gasteiger partial charge in [-0.05, 0) is 18.6 Å². The normalized spacial score (nSPS) is 18.8. The molecule has 0 radical (unpaired) electrons. The van der Waals surface area contributed by atoms with Gasteiger partial charge in [-0.2, -0.15) is 0 Å². The van der Waals surface area contributed by atoms with Gasteiger partial charge in [0.05, 0.1) is 5.69 Å². The van der Waals surface area contributed by atoms with Gasteiger partial charge in [-0.1, -0.05) is 0 Å². The van der Waals surface area contributed by atoms with Gasteiger partial charge in [0.25, 0.3) is 5.91 Å². The lowest BCUT2D eigenvalue weighted by molar-refractivity contribution is -0.119. The predicted octanol–water partition coefficient (Wildman–Crippen LogP) is -0.328. The molecule has 0 aliphatic carbocycles. The highest BCUT2D eigenvalue weighted by Crippen LogP contribution is 2.08. The van der Waals surface area contributed by atoms with E-state index in [4.69, 9.17) is 5.73 Å². The van der Waals surface area contributed by atoms with Gasteiger partial charge in [-0.25, -0.2) is 4.98 Å². The van der Waals surface area contributed by atoms with Crippen LogP contribution in [0.25, 0.3) is 0 Å². The van der Waals surface area contributed by atoms with Crippen LogP contribution >= 0.6 is 0 Å². The fourth-order valence-corrected chi connectivity index (χ4v) is 1.74. The zero-order valence-electron chi connectivity index (χ0n) is 9.27. The van der Waals surface area contributed by atoms with E-state index < -0.39 is 0 Å². The number of anilines is 1. The van der Waals surface area contributed by atoms with Crippen molar-refractivity contribution in [2.24, 2.45) is 0 Å². The van der Waals surface area contributed by atoms with E-state index >= 15 is 0 Å². The number of nitrogens with zero attached hydrogens (tertiary/aromatic N) is 1. The van der Waals surface area contributed by atoms with Gasteiger partial charge < -0.3 is 16.4 Å². The van der Waals surface area contributed by atoms with Gasteiger partial charge in [-0.15, -0.1) is 0 Å². The first kappa shape index (κ1) is 11.4. The SMILES string of the molecule is Nc1cccnc1C(=O)NCC1CCC(=O)N1. The van der Waals surface area contributed by atoms with Crippen molar-refractivity contribution in [1.29, 1.82) is 0 Å². The largest absolute Gasteiger partial charge is 0.397 e. The highest BCUT2D eigenvalue weighted by atomic mass is 16.2. The second-order valence-corrected chi connectivity index (χ2v) is 3.95. The third kappa shape index (κ3) is 2.72. The summed E-state index contributed by atoms with van der Waals surface area (Å²) in [6.45, 7) is 0.403. The number of nitrogens with one attached hydrogen (secondary N) is 2. The number of rotatable bonds is 3. The van der Waals surface area contributed by atoms with E-state index in [1.807, 2.05) is 0 Å². The number of nitrogen functional groups attached to an aromatic ring is 1. The molecular formula is C11H14N4O2. The lowest BCUT2D eigenvalue weighted by atomic mass is 10.2. The first-order valence-electron chi connectivity index (χ1n) is 5.45. The number of hydrogen-bond donors (Lipinski definition) is 3. The van der Waals surface area contributed by atoms with Crippen LogP contribution < -0.4 is 16.4 Å². The standard InChI is InChI=1S/C11H14N4O2/c12-8-2-1-5-13-10(8)11(17)14-6-7-3-4-9(16)15-7/h1-2,5,7H,3-4,6,12H2,(H,14,17)(H,15,16). The van der Waals surface area contributed by atoms with Crippen molar-refractivity contribution in [2.45, 2.75) is 18.9 Å². The van der Waals surface area contributed by atoms with Crippen molar-refractivity contribution >= 4 is 17.5 Å². The maximum atomic E-state index is 11.7. The molecule has 90 valence electrons. The van der Waals surface area contributed by atoms with Crippen LogP contribution in [-0.4, -0.2) is 29.4 Å². The van der Waals surface area contributed by atoms with Crippen LogP contribution in [0.5, 0.6) is 0 Å². The summed E-state index contributed by atoms with van der Waals surface area (Å²) in [5, 5.41) is 5.48. The molecule has 1 fully saturated rings. The van der Waals surface area contributed by atoms with Gasteiger partial charge in [0, 0.05) is 25.2 Å². The molecule has 2 amide bonds. The lowest BCUT2D eigenvalue weighted by Crippen LogP contribution is -2.38. The molecule has 4 N–H and O–H groups in total. The molecule has 17 heavy (non-hydrogen) atoms. The second kappa shape index (κ2) is 4.82. The molecule has 1 saturated heterocycles. The molecule has 1 aliphatic heterocycles. The smallest absolute Gasteiger partial charge is 0.272 e. The molecular weight excluding hydrogens is 220 g/mol. The van der Waals surface area contributed by atoms with E-state index in [1.54, 1.807) is 12.1 Å². The van der Waals surface area contributed by atoms with E-state index in [0.29, 0.717) is 18.7 Å². The maximum Gasteiger partial charge on any atom is 0.272 e. The van der Waals surface area contributed by atoms with Crippen molar-refractivity contribution in [1.82, 2.24) is 15.6 Å². The molecule has 1 unspecified atom stereocenters. The minimum Gasteiger partial charge on any atom is -0.397 e. The zero-order chi connectivity index (χ0) is 12.3. The van der Waals surface area contributed by atoms with E-state index in [-0.39, 0.29) is 23.6 Å². The van der Waals surface area contributed by atoms with E-state index in [2.05, 4.69) is 15.6 Å². The Bertz CT molecular complexity index is 447. The van der Waals surface area contributed by atoms with Gasteiger partial charge >= 0.3 is 0 Å². The summed E-state index contributed by atoms with van der Waals surface area (Å²) in [5.74, 6) is -0.286. The fourth-order valence-electron chi connectivity index (χ4n) is 1.74. The Morgan fingerprint density at radius 1 is 1.65 bits per heavy atom. The molecule has 1 atom stereocenters. The van der Waals surface area contributed by atoms with E-state index in [9.17, 15) is 9.59 Å². The zero-order valence-corrected chi connectivity index (χ0v) is 9.27. The maximum absolute atomic E-state index is 11.7. The second-order valence-electron chi connectivity index (χ2n) is 3.95. The van der Waals surface area contributed by atoms with E-state index in [0.717, 1.165) is 6.42 Å². The van der Waals surface area contributed by atoms with Crippen LogP contribution in [0.3, 0.4) is 0 Å². The minimum absolute atomic E-state index is 0.0105. The summed E-state index contributed by atoms with van der Waals surface area (Å²) in [4.78, 5) is 26.6. The Labute approximate surface area is 98.6 Å². The Morgan fingerprint density at radius 3 is 3.12 bits per heavy atom. The van der Waals surface area contributed by atoms with Crippen LogP contribution in [0.1, 0.15) is 23.3 Å². The van der Waals surface area contributed by atoms with Crippen molar-refractivity contribution in [3.63, 3.8) is 0 Å². The van der Waals surface area contributed by atoms with Crippen molar-refractivity contribution in [3.05, 3.63) is 24.0 Å². The number of nitrogens with two attached hydrogens (primary N) is 1. The molecule has 0 bridgehead atoms. The topological polar surface area (TPSA) is 97.1 Å². The average molecular weight is 234 g/mol. The number of carbonyl (C=O) groups excluding carboxylic acids is 2. The third-order valence-electron chi connectivity index (χ3n) is 2.65. The summed E-state index contributed by atoms with van der Waals surface area (Å²) in [6.07, 6.45) is 2.78. The third-order valence-corrected chi connectivity index (χ3v) is 2.65. The number of amides is 2. The monoisotopic (exact) mass is 234 g/mol. The Morgan fingerprint density at radius 2 is 2.47 bits per heavy atom. The molecule has 1 aliphatic rings. The molecule has 0 spiro atoms. The van der Waals surface area contributed by atoms with Crippen LogP contribution in [0, 0.1) is 0 Å². The number of pyridine rings is 1. The van der Waals surface area contributed by atoms with Crippen molar-refractivity contribution < 1.29 is 9.59 Å². The first-order valence-corrected chi connectivity index (χ1v) is 5.45. The molecule has 0 saturated carbocycles. The lowest BCUT2D eigenvalue weighted by Gasteiger charge is -2.11. The van der Waals surface area contributed by atoms with Crippen molar-refractivity contribution in [2.75, 3.05) is 12.3 Å². The van der Waals surface area contributed by atoms with Crippen molar-refractivity contribution in [3.8, 4) is 0 Å². The number of aromatic nitrogens is 1. The molecule has 1 aromatic heterocycles. The number of hydrogen-bond acceptors (Lipinski definition) is 4. The van der Waals surface area contributed by atoms with Crippen LogP contribution in [0.15, 0.2) is 18.3 Å². The average Bonchev–Trinajstić information content (AvgIpc) is 2.73. The van der Waals surface area contributed by atoms with Gasteiger partial charge in [0.2, 0.25) is 5.91 Å². The summed E-state index contributed by atoms with van der Waals surface area (Å²) >= 11 is 0.